The molecule has 0 bridgehead atoms. The fourth-order valence-corrected chi connectivity index (χ4v) is 4.73. The molecule has 0 unspecified atom stereocenters. The van der Waals surface area contributed by atoms with Crippen LogP contribution in [0, 0.1) is 6.92 Å². The van der Waals surface area contributed by atoms with Gasteiger partial charge in [0.2, 0.25) is 0 Å². The maximum Gasteiger partial charge on any atom is 0.263 e. The van der Waals surface area contributed by atoms with E-state index in [1.54, 1.807) is 18.2 Å². The molecule has 112 valence electrons. The molecule has 3 N–H and O–H groups in total. The molecule has 2 aromatic rings. The minimum absolute atomic E-state index is 0.0146. The number of anilines is 2. The quantitative estimate of drug-likeness (QED) is 0.668. The van der Waals surface area contributed by atoms with Crippen molar-refractivity contribution in [2.24, 2.45) is 0 Å². The van der Waals surface area contributed by atoms with Crippen LogP contribution in [-0.4, -0.2) is 8.42 Å². The monoisotopic (exact) mass is 452 g/mol. The number of rotatable bonds is 3. The summed E-state index contributed by atoms with van der Waals surface area (Å²) in [4.78, 5) is -0.0146. The number of aryl methyl sites for hydroxylation is 1. The Morgan fingerprint density at radius 1 is 1.19 bits per heavy atom. The van der Waals surface area contributed by atoms with E-state index >= 15 is 0 Å². The van der Waals surface area contributed by atoms with Crippen LogP contribution in [0.15, 0.2) is 44.2 Å². The highest BCUT2D eigenvalue weighted by atomic mass is 79.9. The maximum atomic E-state index is 12.4. The molecule has 2 aromatic carbocycles. The minimum Gasteiger partial charge on any atom is -0.397 e. The zero-order valence-corrected chi connectivity index (χ0v) is 15.6. The minimum atomic E-state index is -3.83. The Kier molecular flexibility index (Phi) is 4.87. The predicted octanol–water partition coefficient (Wildman–Crippen LogP) is 4.56. The summed E-state index contributed by atoms with van der Waals surface area (Å²) in [7, 11) is -3.83. The van der Waals surface area contributed by atoms with Crippen LogP contribution >= 0.6 is 43.5 Å². The zero-order valence-electron chi connectivity index (χ0n) is 10.8. The van der Waals surface area contributed by atoms with Crippen molar-refractivity contribution in [3.8, 4) is 0 Å². The summed E-state index contributed by atoms with van der Waals surface area (Å²) in [5.41, 5.74) is 7.42. The number of nitrogen functional groups attached to an aromatic ring is 1. The van der Waals surface area contributed by atoms with E-state index < -0.39 is 10.0 Å². The standard InChI is InChI=1S/C13H11Br2ClN2O2S/c1-7-4-9(15)13(11(17)5-7)18-21(19,20)12-3-2-8(14)6-10(12)16/h2-6,18H,17H2,1H3. The molecule has 0 atom stereocenters. The lowest BCUT2D eigenvalue weighted by Gasteiger charge is -2.14. The summed E-state index contributed by atoms with van der Waals surface area (Å²) in [5.74, 6) is 0. The lowest BCUT2D eigenvalue weighted by Crippen LogP contribution is -2.15. The van der Waals surface area contributed by atoms with E-state index in [0.717, 1.165) is 5.56 Å². The molecule has 4 nitrogen and oxygen atoms in total. The van der Waals surface area contributed by atoms with E-state index in [9.17, 15) is 8.42 Å². The van der Waals surface area contributed by atoms with Gasteiger partial charge >= 0.3 is 0 Å². The number of halogens is 3. The Labute approximate surface area is 145 Å². The number of benzene rings is 2. The Balaban J connectivity index is 2.47. The van der Waals surface area contributed by atoms with Gasteiger partial charge in [-0.1, -0.05) is 27.5 Å². The predicted molar refractivity (Wildman–Crippen MR) is 93.3 cm³/mol. The number of sulfonamides is 1. The van der Waals surface area contributed by atoms with Gasteiger partial charge in [0.15, 0.2) is 0 Å². The summed E-state index contributed by atoms with van der Waals surface area (Å²) in [6, 6.07) is 8.01. The molecule has 0 fully saturated rings. The third-order valence-corrected chi connectivity index (χ3v) is 5.64. The third-order valence-electron chi connectivity index (χ3n) is 2.68. The normalized spacial score (nSPS) is 11.4. The zero-order chi connectivity index (χ0) is 15.8. The highest BCUT2D eigenvalue weighted by molar-refractivity contribution is 9.10. The van der Waals surface area contributed by atoms with Crippen molar-refractivity contribution in [2.75, 3.05) is 10.5 Å². The Morgan fingerprint density at radius 2 is 1.86 bits per heavy atom. The van der Waals surface area contributed by atoms with E-state index in [0.29, 0.717) is 20.3 Å². The van der Waals surface area contributed by atoms with E-state index in [1.165, 1.54) is 12.1 Å². The molecule has 0 aliphatic carbocycles. The average molecular weight is 455 g/mol. The van der Waals surface area contributed by atoms with Crippen molar-refractivity contribution in [2.45, 2.75) is 11.8 Å². The summed E-state index contributed by atoms with van der Waals surface area (Å²) in [5, 5.41) is 0.124. The second-order valence-corrected chi connectivity index (χ2v) is 8.22. The first-order valence-electron chi connectivity index (χ1n) is 5.74. The SMILES string of the molecule is Cc1cc(N)c(NS(=O)(=O)c2ccc(Br)cc2Cl)c(Br)c1. The van der Waals surface area contributed by atoms with Crippen molar-refractivity contribution in [3.63, 3.8) is 0 Å². The molecule has 0 spiro atoms. The van der Waals surface area contributed by atoms with Gasteiger partial charge in [0.05, 0.1) is 16.4 Å². The molecule has 0 aromatic heterocycles. The third kappa shape index (κ3) is 3.71. The summed E-state index contributed by atoms with van der Waals surface area (Å²) < 4.78 is 28.6. The van der Waals surface area contributed by atoms with Crippen molar-refractivity contribution >= 4 is 64.9 Å². The first-order valence-corrected chi connectivity index (χ1v) is 9.19. The van der Waals surface area contributed by atoms with E-state index in [2.05, 4.69) is 36.6 Å². The van der Waals surface area contributed by atoms with E-state index in [-0.39, 0.29) is 9.92 Å². The molecule has 0 aliphatic heterocycles. The van der Waals surface area contributed by atoms with Crippen LogP contribution in [0.1, 0.15) is 5.56 Å². The molecular formula is C13H11Br2ClN2O2S. The average Bonchev–Trinajstić information content (AvgIpc) is 2.33. The van der Waals surface area contributed by atoms with Crippen molar-refractivity contribution in [1.29, 1.82) is 0 Å². The Morgan fingerprint density at radius 3 is 2.43 bits per heavy atom. The fraction of sp³-hybridized carbons (Fsp3) is 0.0769. The smallest absolute Gasteiger partial charge is 0.263 e. The summed E-state index contributed by atoms with van der Waals surface area (Å²) in [6.07, 6.45) is 0. The molecule has 0 aliphatic rings. The highest BCUT2D eigenvalue weighted by Gasteiger charge is 2.20. The molecule has 0 heterocycles. The topological polar surface area (TPSA) is 72.2 Å². The number of nitrogens with one attached hydrogen (secondary N) is 1. The van der Waals surface area contributed by atoms with Gasteiger partial charge < -0.3 is 5.73 Å². The Bertz CT molecular complexity index is 787. The molecule has 21 heavy (non-hydrogen) atoms. The molecule has 8 heteroatoms. The van der Waals surface area contributed by atoms with Gasteiger partial charge in [-0.15, -0.1) is 0 Å². The van der Waals surface area contributed by atoms with E-state index in [4.69, 9.17) is 17.3 Å². The van der Waals surface area contributed by atoms with Crippen LogP contribution in [0.25, 0.3) is 0 Å². The second-order valence-electron chi connectivity index (χ2n) is 4.39. The van der Waals surface area contributed by atoms with Crippen LogP contribution in [-0.2, 0) is 10.0 Å². The van der Waals surface area contributed by atoms with E-state index in [1.807, 2.05) is 6.92 Å². The first kappa shape index (κ1) is 16.6. The molecule has 0 radical (unpaired) electrons. The fourth-order valence-electron chi connectivity index (χ4n) is 1.76. The summed E-state index contributed by atoms with van der Waals surface area (Å²) >= 11 is 12.5. The van der Waals surface area contributed by atoms with Gasteiger partial charge in [-0.05, 0) is 58.7 Å². The van der Waals surface area contributed by atoms with Gasteiger partial charge in [-0.3, -0.25) is 4.72 Å². The lowest BCUT2D eigenvalue weighted by molar-refractivity contribution is 0.601. The first-order chi connectivity index (χ1) is 9.70. The van der Waals surface area contributed by atoms with Gasteiger partial charge in [0.25, 0.3) is 10.0 Å². The largest absolute Gasteiger partial charge is 0.397 e. The van der Waals surface area contributed by atoms with Crippen LogP contribution in [0.5, 0.6) is 0 Å². The molecule has 2 rings (SSSR count). The van der Waals surface area contributed by atoms with Crippen LogP contribution in [0.4, 0.5) is 11.4 Å². The van der Waals surface area contributed by atoms with Crippen molar-refractivity contribution in [1.82, 2.24) is 0 Å². The number of hydrogen-bond donors (Lipinski definition) is 2. The molecular weight excluding hydrogens is 443 g/mol. The van der Waals surface area contributed by atoms with Gasteiger partial charge in [-0.2, -0.15) is 0 Å². The van der Waals surface area contributed by atoms with Crippen LogP contribution in [0.2, 0.25) is 5.02 Å². The summed E-state index contributed by atoms with van der Waals surface area (Å²) in [6.45, 7) is 1.87. The highest BCUT2D eigenvalue weighted by Crippen LogP contribution is 2.33. The Hall–Kier alpha value is -0.760. The molecule has 0 amide bonds. The molecule has 0 saturated carbocycles. The second kappa shape index (κ2) is 6.16. The van der Waals surface area contributed by atoms with Crippen LogP contribution < -0.4 is 10.5 Å². The van der Waals surface area contributed by atoms with Crippen molar-refractivity contribution < 1.29 is 8.42 Å². The number of hydrogen-bond acceptors (Lipinski definition) is 3. The van der Waals surface area contributed by atoms with Crippen LogP contribution in [0.3, 0.4) is 0 Å². The maximum absolute atomic E-state index is 12.4. The number of nitrogens with two attached hydrogens (primary N) is 1. The molecule has 0 saturated heterocycles. The van der Waals surface area contributed by atoms with Crippen molar-refractivity contribution in [3.05, 3.63) is 49.9 Å². The van der Waals surface area contributed by atoms with Gasteiger partial charge in [0.1, 0.15) is 4.90 Å². The van der Waals surface area contributed by atoms with Gasteiger partial charge in [0, 0.05) is 8.95 Å². The lowest BCUT2D eigenvalue weighted by atomic mass is 10.2. The van der Waals surface area contributed by atoms with Gasteiger partial charge in [-0.25, -0.2) is 8.42 Å².